The van der Waals surface area contributed by atoms with E-state index >= 15 is 0 Å². The molecular formula is C19H23NO4. The van der Waals surface area contributed by atoms with Crippen LogP contribution < -0.4 is 14.2 Å². The second-order valence-corrected chi connectivity index (χ2v) is 6.16. The Hall–Kier alpha value is -2.24. The molecule has 1 aliphatic heterocycles. The molecule has 0 fully saturated rings. The molecule has 0 aliphatic carbocycles. The third-order valence-electron chi connectivity index (χ3n) is 3.88. The molecule has 0 amide bonds. The molecule has 1 heterocycles. The van der Waals surface area contributed by atoms with Gasteiger partial charge in [0.1, 0.15) is 18.5 Å². The molecule has 3 rings (SSSR count). The lowest BCUT2D eigenvalue weighted by Crippen LogP contribution is -2.32. The zero-order valence-corrected chi connectivity index (χ0v) is 14.1. The number of ether oxygens (including phenoxy) is 3. The minimum atomic E-state index is -0.551. The molecule has 2 aromatic carbocycles. The zero-order chi connectivity index (χ0) is 16.9. The maximum atomic E-state index is 10.2. The van der Waals surface area contributed by atoms with Crippen LogP contribution in [0.15, 0.2) is 42.5 Å². The Labute approximate surface area is 142 Å². The number of hydrogen-bond acceptors (Lipinski definition) is 5. The van der Waals surface area contributed by atoms with Crippen molar-refractivity contribution in [3.8, 4) is 17.2 Å². The van der Waals surface area contributed by atoms with Gasteiger partial charge in [0.25, 0.3) is 0 Å². The van der Waals surface area contributed by atoms with Gasteiger partial charge in [-0.05, 0) is 43.8 Å². The molecule has 24 heavy (non-hydrogen) atoms. The summed E-state index contributed by atoms with van der Waals surface area (Å²) < 4.78 is 16.3. The number of aliphatic hydroxyl groups is 1. The first-order valence-corrected chi connectivity index (χ1v) is 8.05. The highest BCUT2D eigenvalue weighted by molar-refractivity contribution is 5.44. The van der Waals surface area contributed by atoms with E-state index < -0.39 is 6.10 Å². The Morgan fingerprint density at radius 2 is 1.88 bits per heavy atom. The second-order valence-electron chi connectivity index (χ2n) is 6.16. The van der Waals surface area contributed by atoms with Crippen molar-refractivity contribution in [1.82, 2.24) is 4.90 Å². The van der Waals surface area contributed by atoms with Crippen molar-refractivity contribution in [3.63, 3.8) is 0 Å². The van der Waals surface area contributed by atoms with E-state index in [-0.39, 0.29) is 13.4 Å². The van der Waals surface area contributed by atoms with E-state index in [0.717, 1.165) is 29.4 Å². The Morgan fingerprint density at radius 3 is 2.67 bits per heavy atom. The fourth-order valence-corrected chi connectivity index (χ4v) is 2.65. The molecule has 0 saturated heterocycles. The average Bonchev–Trinajstić information content (AvgIpc) is 3.02. The monoisotopic (exact) mass is 329 g/mol. The molecule has 0 aromatic heterocycles. The summed E-state index contributed by atoms with van der Waals surface area (Å²) in [4.78, 5) is 2.06. The third kappa shape index (κ3) is 4.40. The Kier molecular flexibility index (Phi) is 5.23. The molecule has 5 nitrogen and oxygen atoms in total. The number of fused-ring (bicyclic) bond motifs is 1. The molecule has 5 heteroatoms. The van der Waals surface area contributed by atoms with Gasteiger partial charge >= 0.3 is 0 Å². The first-order valence-electron chi connectivity index (χ1n) is 8.05. The standard InChI is InChI=1S/C19H23NO4/c1-14-3-6-17(7-4-14)22-12-16(21)11-20(2)10-15-5-8-18-19(9-15)24-13-23-18/h3-9,16,21H,10-13H2,1-2H3/t16-/m0/s1. The molecule has 1 atom stereocenters. The molecular weight excluding hydrogens is 306 g/mol. The molecule has 128 valence electrons. The summed E-state index contributed by atoms with van der Waals surface area (Å²) in [7, 11) is 1.97. The minimum Gasteiger partial charge on any atom is -0.491 e. The fourth-order valence-electron chi connectivity index (χ4n) is 2.65. The van der Waals surface area contributed by atoms with E-state index in [2.05, 4.69) is 4.90 Å². The smallest absolute Gasteiger partial charge is 0.231 e. The quantitative estimate of drug-likeness (QED) is 0.846. The van der Waals surface area contributed by atoms with Crippen LogP contribution in [0.5, 0.6) is 17.2 Å². The van der Waals surface area contributed by atoms with Crippen LogP contribution in [0.2, 0.25) is 0 Å². The van der Waals surface area contributed by atoms with Crippen LogP contribution in [0.1, 0.15) is 11.1 Å². The SMILES string of the molecule is Cc1ccc(OC[C@@H](O)CN(C)Cc2ccc3c(c2)OCO3)cc1. The van der Waals surface area contributed by atoms with E-state index in [0.29, 0.717) is 6.54 Å². The molecule has 2 aromatic rings. The van der Waals surface area contributed by atoms with Crippen LogP contribution in [0, 0.1) is 6.92 Å². The summed E-state index contributed by atoms with van der Waals surface area (Å²) in [5.41, 5.74) is 2.31. The van der Waals surface area contributed by atoms with Gasteiger partial charge in [-0.3, -0.25) is 4.90 Å². The van der Waals surface area contributed by atoms with Gasteiger partial charge in [0.2, 0.25) is 6.79 Å². The second kappa shape index (κ2) is 7.55. The molecule has 1 N–H and O–H groups in total. The molecule has 0 bridgehead atoms. The maximum absolute atomic E-state index is 10.2. The Bertz CT molecular complexity index is 672. The maximum Gasteiger partial charge on any atom is 0.231 e. The fraction of sp³-hybridized carbons (Fsp3) is 0.368. The van der Waals surface area contributed by atoms with Crippen LogP contribution in [0.4, 0.5) is 0 Å². The summed E-state index contributed by atoms with van der Waals surface area (Å²) in [6, 6.07) is 13.7. The zero-order valence-electron chi connectivity index (χ0n) is 14.1. The highest BCUT2D eigenvalue weighted by Crippen LogP contribution is 2.32. The van der Waals surface area contributed by atoms with Crippen molar-refractivity contribution in [2.45, 2.75) is 19.6 Å². The lowest BCUT2D eigenvalue weighted by molar-refractivity contribution is 0.0744. The van der Waals surface area contributed by atoms with E-state index in [9.17, 15) is 5.11 Å². The van der Waals surface area contributed by atoms with Gasteiger partial charge in [0.15, 0.2) is 11.5 Å². The summed E-state index contributed by atoms with van der Waals surface area (Å²) in [5.74, 6) is 2.34. The molecule has 0 spiro atoms. The summed E-state index contributed by atoms with van der Waals surface area (Å²) in [6.07, 6.45) is -0.551. The number of likely N-dealkylation sites (N-methyl/N-ethyl adjacent to an activating group) is 1. The van der Waals surface area contributed by atoms with Gasteiger partial charge in [0, 0.05) is 13.1 Å². The summed E-state index contributed by atoms with van der Waals surface area (Å²) in [5, 5.41) is 10.2. The predicted octanol–water partition coefficient (Wildman–Crippen LogP) is 2.60. The molecule has 0 unspecified atom stereocenters. The third-order valence-corrected chi connectivity index (χ3v) is 3.88. The number of nitrogens with zero attached hydrogens (tertiary/aromatic N) is 1. The normalized spacial score (nSPS) is 14.0. The van der Waals surface area contributed by atoms with Crippen LogP contribution >= 0.6 is 0 Å². The van der Waals surface area contributed by atoms with Crippen LogP contribution in [0.25, 0.3) is 0 Å². The topological polar surface area (TPSA) is 51.2 Å². The molecule has 0 saturated carbocycles. The van der Waals surface area contributed by atoms with Gasteiger partial charge in [-0.2, -0.15) is 0 Å². The predicted molar refractivity (Wildman–Crippen MR) is 91.6 cm³/mol. The van der Waals surface area contributed by atoms with Crippen LogP contribution in [-0.4, -0.2) is 43.1 Å². The number of aliphatic hydroxyl groups excluding tert-OH is 1. The van der Waals surface area contributed by atoms with Crippen LogP contribution in [0.3, 0.4) is 0 Å². The van der Waals surface area contributed by atoms with Gasteiger partial charge in [-0.15, -0.1) is 0 Å². The first kappa shape index (κ1) is 16.6. The summed E-state index contributed by atoms with van der Waals surface area (Å²) in [6.45, 7) is 3.83. The van der Waals surface area contributed by atoms with Crippen molar-refractivity contribution in [1.29, 1.82) is 0 Å². The lowest BCUT2D eigenvalue weighted by atomic mass is 10.2. The van der Waals surface area contributed by atoms with Crippen molar-refractivity contribution in [3.05, 3.63) is 53.6 Å². The van der Waals surface area contributed by atoms with Crippen molar-refractivity contribution >= 4 is 0 Å². The summed E-state index contributed by atoms with van der Waals surface area (Å²) >= 11 is 0. The van der Waals surface area contributed by atoms with Crippen LogP contribution in [-0.2, 0) is 6.54 Å². The van der Waals surface area contributed by atoms with Gasteiger partial charge in [-0.1, -0.05) is 23.8 Å². The van der Waals surface area contributed by atoms with E-state index in [1.165, 1.54) is 5.56 Å². The van der Waals surface area contributed by atoms with Crippen molar-refractivity contribution in [2.75, 3.05) is 27.0 Å². The number of hydrogen-bond donors (Lipinski definition) is 1. The highest BCUT2D eigenvalue weighted by Gasteiger charge is 2.15. The van der Waals surface area contributed by atoms with E-state index in [4.69, 9.17) is 14.2 Å². The number of benzene rings is 2. The van der Waals surface area contributed by atoms with Gasteiger partial charge < -0.3 is 19.3 Å². The molecule has 0 radical (unpaired) electrons. The average molecular weight is 329 g/mol. The lowest BCUT2D eigenvalue weighted by Gasteiger charge is -2.21. The van der Waals surface area contributed by atoms with E-state index in [1.807, 2.05) is 56.4 Å². The Balaban J connectivity index is 1.45. The highest BCUT2D eigenvalue weighted by atomic mass is 16.7. The van der Waals surface area contributed by atoms with Crippen molar-refractivity contribution < 1.29 is 19.3 Å². The number of aryl methyl sites for hydroxylation is 1. The Morgan fingerprint density at radius 1 is 1.12 bits per heavy atom. The van der Waals surface area contributed by atoms with E-state index in [1.54, 1.807) is 0 Å². The first-order chi connectivity index (χ1) is 11.6. The number of rotatable bonds is 7. The minimum absolute atomic E-state index is 0.272. The van der Waals surface area contributed by atoms with Gasteiger partial charge in [0.05, 0.1) is 0 Å². The van der Waals surface area contributed by atoms with Gasteiger partial charge in [-0.25, -0.2) is 0 Å². The molecule has 1 aliphatic rings. The van der Waals surface area contributed by atoms with Crippen molar-refractivity contribution in [2.24, 2.45) is 0 Å². The largest absolute Gasteiger partial charge is 0.491 e.